The van der Waals surface area contributed by atoms with Gasteiger partial charge in [0.25, 0.3) is 5.91 Å². The molecule has 2 aromatic rings. The molecule has 2 rings (SSSR count). The molecule has 0 aromatic heterocycles. The number of nitrogens with one attached hydrogen (secondary N) is 1. The Bertz CT molecular complexity index is 895. The Morgan fingerprint density at radius 3 is 2.26 bits per heavy atom. The third-order valence-corrected chi connectivity index (χ3v) is 6.46. The van der Waals surface area contributed by atoms with Crippen LogP contribution in [0.5, 0.6) is 5.75 Å². The van der Waals surface area contributed by atoms with E-state index in [2.05, 4.69) is 21.2 Å². The predicted molar refractivity (Wildman–Crippen MR) is 123 cm³/mol. The molecule has 0 spiro atoms. The second-order valence-corrected chi connectivity index (χ2v) is 8.59. The minimum Gasteiger partial charge on any atom is -0.484 e. The second-order valence-electron chi connectivity index (χ2n) is 7.80. The number of halogens is 2. The van der Waals surface area contributed by atoms with Crippen molar-refractivity contribution in [2.24, 2.45) is 0 Å². The molecule has 0 bridgehead atoms. The van der Waals surface area contributed by atoms with Gasteiger partial charge in [-0.1, -0.05) is 35.0 Å². The second kappa shape index (κ2) is 11.3. The van der Waals surface area contributed by atoms with Crippen LogP contribution in [0.25, 0.3) is 0 Å². The predicted octanol–water partition coefficient (Wildman–Crippen LogP) is 4.92. The monoisotopic (exact) mass is 492 g/mol. The van der Waals surface area contributed by atoms with E-state index in [9.17, 15) is 14.0 Å². The van der Waals surface area contributed by atoms with Crippen LogP contribution in [0, 0.1) is 19.7 Å². The van der Waals surface area contributed by atoms with Gasteiger partial charge in [0.2, 0.25) is 5.91 Å². The fourth-order valence-electron chi connectivity index (χ4n) is 3.05. The van der Waals surface area contributed by atoms with Crippen LogP contribution in [-0.2, 0) is 16.1 Å². The van der Waals surface area contributed by atoms with E-state index in [1.54, 1.807) is 19.1 Å². The molecule has 2 aromatic carbocycles. The van der Waals surface area contributed by atoms with Gasteiger partial charge in [-0.05, 0) is 75.1 Å². The van der Waals surface area contributed by atoms with Crippen LogP contribution in [-0.4, -0.2) is 35.4 Å². The Labute approximate surface area is 192 Å². The Morgan fingerprint density at radius 2 is 1.71 bits per heavy atom. The quantitative estimate of drug-likeness (QED) is 0.540. The zero-order valence-electron chi connectivity index (χ0n) is 18.7. The lowest BCUT2D eigenvalue weighted by Gasteiger charge is -2.29. The number of hydrogen-bond acceptors (Lipinski definition) is 3. The molecule has 0 aliphatic carbocycles. The molecule has 0 saturated heterocycles. The number of hydrogen-bond donors (Lipinski definition) is 1. The first-order valence-corrected chi connectivity index (χ1v) is 11.2. The van der Waals surface area contributed by atoms with E-state index >= 15 is 0 Å². The summed E-state index contributed by atoms with van der Waals surface area (Å²) in [5.41, 5.74) is 2.74. The minimum absolute atomic E-state index is 0.00249. The largest absolute Gasteiger partial charge is 0.484 e. The summed E-state index contributed by atoms with van der Waals surface area (Å²) < 4.78 is 20.0. The number of amides is 2. The average molecular weight is 493 g/mol. The van der Waals surface area contributed by atoms with Crippen LogP contribution in [0.15, 0.2) is 40.9 Å². The van der Waals surface area contributed by atoms with E-state index in [1.807, 2.05) is 39.8 Å². The average Bonchev–Trinajstić information content (AvgIpc) is 2.74. The van der Waals surface area contributed by atoms with E-state index < -0.39 is 6.04 Å². The number of carbonyl (C=O) groups excluding carboxylic acids is 2. The number of nitrogens with zero attached hydrogens (tertiary/aromatic N) is 1. The van der Waals surface area contributed by atoms with Crippen LogP contribution in [0.4, 0.5) is 4.39 Å². The van der Waals surface area contributed by atoms with Crippen molar-refractivity contribution in [3.8, 4) is 5.75 Å². The zero-order valence-corrected chi connectivity index (χ0v) is 20.3. The van der Waals surface area contributed by atoms with E-state index in [1.165, 1.54) is 17.0 Å². The molecule has 0 aliphatic rings. The normalized spacial score (nSPS) is 12.7. The number of aryl methyl sites for hydroxylation is 2. The fraction of sp³-hybridized carbons (Fsp3) is 0.417. The highest BCUT2D eigenvalue weighted by Crippen LogP contribution is 2.26. The number of ether oxygens (including phenoxy) is 1. The smallest absolute Gasteiger partial charge is 0.261 e. The number of carbonyl (C=O) groups is 2. The van der Waals surface area contributed by atoms with E-state index in [0.717, 1.165) is 27.6 Å². The summed E-state index contributed by atoms with van der Waals surface area (Å²) in [4.78, 5) is 27.2. The molecule has 5 nitrogen and oxygen atoms in total. The van der Waals surface area contributed by atoms with Crippen molar-refractivity contribution in [3.05, 3.63) is 63.4 Å². The molecule has 1 N–H and O–H groups in total. The molecule has 31 heavy (non-hydrogen) atoms. The topological polar surface area (TPSA) is 58.6 Å². The van der Waals surface area contributed by atoms with Gasteiger partial charge in [-0.15, -0.1) is 0 Å². The molecule has 0 unspecified atom stereocenters. The maximum Gasteiger partial charge on any atom is 0.261 e. The van der Waals surface area contributed by atoms with Gasteiger partial charge in [-0.3, -0.25) is 9.59 Å². The Balaban J connectivity index is 2.18. The summed E-state index contributed by atoms with van der Waals surface area (Å²) in [7, 11) is 0. The van der Waals surface area contributed by atoms with Gasteiger partial charge in [0.1, 0.15) is 17.6 Å². The van der Waals surface area contributed by atoms with Crippen LogP contribution < -0.4 is 10.1 Å². The van der Waals surface area contributed by atoms with Crippen LogP contribution >= 0.6 is 15.9 Å². The maximum atomic E-state index is 13.3. The van der Waals surface area contributed by atoms with Gasteiger partial charge in [0.15, 0.2) is 6.61 Å². The zero-order chi connectivity index (χ0) is 23.1. The highest BCUT2D eigenvalue weighted by Gasteiger charge is 2.27. The molecule has 0 radical (unpaired) electrons. The van der Waals surface area contributed by atoms with Crippen LogP contribution in [0.2, 0.25) is 0 Å². The molecule has 7 heteroatoms. The Morgan fingerprint density at radius 1 is 1.13 bits per heavy atom. The molecule has 0 fully saturated rings. The van der Waals surface area contributed by atoms with Crippen molar-refractivity contribution < 1.29 is 18.7 Å². The highest BCUT2D eigenvalue weighted by molar-refractivity contribution is 9.10. The van der Waals surface area contributed by atoms with Gasteiger partial charge in [0.05, 0.1) is 0 Å². The fourth-order valence-corrected chi connectivity index (χ4v) is 3.28. The van der Waals surface area contributed by atoms with Crippen LogP contribution in [0.1, 0.15) is 43.9 Å². The third-order valence-electron chi connectivity index (χ3n) is 5.21. The maximum absolute atomic E-state index is 13.3. The summed E-state index contributed by atoms with van der Waals surface area (Å²) >= 11 is 3.52. The molecule has 2 atom stereocenters. The molecule has 0 heterocycles. The summed E-state index contributed by atoms with van der Waals surface area (Å²) in [6.45, 7) is 9.46. The lowest BCUT2D eigenvalue weighted by atomic mass is 10.1. The molecule has 168 valence electrons. The SMILES string of the molecule is CC[C@@H](C)NC(=O)[C@@H](C)N(Cc1ccc(F)cc1)C(=O)COc1cc(C)c(Br)c(C)c1. The van der Waals surface area contributed by atoms with Crippen molar-refractivity contribution >= 4 is 27.7 Å². The summed E-state index contributed by atoms with van der Waals surface area (Å²) in [5.74, 6) is -0.326. The molecular weight excluding hydrogens is 463 g/mol. The summed E-state index contributed by atoms with van der Waals surface area (Å²) in [5, 5.41) is 2.92. The van der Waals surface area contributed by atoms with Gasteiger partial charge < -0.3 is 15.0 Å². The van der Waals surface area contributed by atoms with Gasteiger partial charge in [-0.25, -0.2) is 4.39 Å². The first-order chi connectivity index (χ1) is 14.6. The molecule has 0 aliphatic heterocycles. The Kier molecular flexibility index (Phi) is 9.04. The van der Waals surface area contributed by atoms with Crippen molar-refractivity contribution in [2.75, 3.05) is 6.61 Å². The highest BCUT2D eigenvalue weighted by atomic mass is 79.9. The first kappa shape index (κ1) is 24.9. The van der Waals surface area contributed by atoms with E-state index in [0.29, 0.717) is 5.75 Å². The molecule has 0 saturated carbocycles. The van der Waals surface area contributed by atoms with Crippen molar-refractivity contribution in [1.82, 2.24) is 10.2 Å². The summed E-state index contributed by atoms with van der Waals surface area (Å²) in [6.07, 6.45) is 0.787. The van der Waals surface area contributed by atoms with Gasteiger partial charge >= 0.3 is 0 Å². The Hall–Kier alpha value is -2.41. The number of benzene rings is 2. The van der Waals surface area contributed by atoms with Crippen molar-refractivity contribution in [3.63, 3.8) is 0 Å². The van der Waals surface area contributed by atoms with E-state index in [-0.39, 0.29) is 36.8 Å². The molecule has 2 amide bonds. The standard InChI is InChI=1S/C24H30BrFN2O3/c1-6-17(4)27-24(30)18(5)28(13-19-7-9-20(26)10-8-19)22(29)14-31-21-11-15(2)23(25)16(3)12-21/h7-12,17-18H,6,13-14H2,1-5H3,(H,27,30)/t17-,18-/m1/s1. The van der Waals surface area contributed by atoms with Crippen LogP contribution in [0.3, 0.4) is 0 Å². The summed E-state index contributed by atoms with van der Waals surface area (Å²) in [6, 6.07) is 8.90. The number of rotatable bonds is 9. The third kappa shape index (κ3) is 7.06. The van der Waals surface area contributed by atoms with Gasteiger partial charge in [-0.2, -0.15) is 0 Å². The van der Waals surface area contributed by atoms with E-state index in [4.69, 9.17) is 4.74 Å². The minimum atomic E-state index is -0.705. The first-order valence-electron chi connectivity index (χ1n) is 10.4. The molecular formula is C24H30BrFN2O3. The lowest BCUT2D eigenvalue weighted by Crippen LogP contribution is -2.50. The lowest BCUT2D eigenvalue weighted by molar-refractivity contribution is -0.142. The van der Waals surface area contributed by atoms with Gasteiger partial charge in [0, 0.05) is 17.1 Å². The van der Waals surface area contributed by atoms with Crippen molar-refractivity contribution in [2.45, 2.75) is 59.7 Å². The van der Waals surface area contributed by atoms with Crippen molar-refractivity contribution in [1.29, 1.82) is 0 Å².